The van der Waals surface area contributed by atoms with Gasteiger partial charge >= 0.3 is 5.97 Å². The molecule has 0 aliphatic rings. The van der Waals surface area contributed by atoms with Gasteiger partial charge in [-0.2, -0.15) is 0 Å². The monoisotopic (exact) mass is 328 g/mol. The van der Waals surface area contributed by atoms with Crippen LogP contribution in [0.3, 0.4) is 0 Å². The van der Waals surface area contributed by atoms with Crippen LogP contribution >= 0.6 is 0 Å². The second-order valence-corrected chi connectivity index (χ2v) is 6.21. The van der Waals surface area contributed by atoms with Gasteiger partial charge in [-0.1, -0.05) is 82.8 Å². The second-order valence-electron chi connectivity index (χ2n) is 6.21. The van der Waals surface area contributed by atoms with Crippen molar-refractivity contribution in [2.75, 3.05) is 6.61 Å². The Kier molecular flexibility index (Phi) is 11.6. The first kappa shape index (κ1) is 20.3. The van der Waals surface area contributed by atoms with E-state index in [2.05, 4.69) is 25.7 Å². The Morgan fingerprint density at radius 2 is 1.50 bits per heavy atom. The number of unbranched alkanes of at least 4 members (excludes halogenated alkanes) is 8. The van der Waals surface area contributed by atoms with Crippen LogP contribution in [-0.2, 0) is 11.2 Å². The number of carbonyl (C=O) groups is 1. The van der Waals surface area contributed by atoms with Gasteiger partial charge in [-0.25, -0.2) is 4.79 Å². The third-order valence-corrected chi connectivity index (χ3v) is 4.15. The summed E-state index contributed by atoms with van der Waals surface area (Å²) < 4.78 is 5.17. The van der Waals surface area contributed by atoms with Crippen LogP contribution in [0, 0.1) is 11.8 Å². The molecule has 2 nitrogen and oxygen atoms in total. The average Bonchev–Trinajstić information content (AvgIpc) is 2.62. The van der Waals surface area contributed by atoms with Crippen molar-refractivity contribution < 1.29 is 9.53 Å². The number of rotatable bonds is 11. The van der Waals surface area contributed by atoms with Crippen molar-refractivity contribution in [1.29, 1.82) is 0 Å². The van der Waals surface area contributed by atoms with E-state index in [4.69, 9.17) is 4.74 Å². The highest BCUT2D eigenvalue weighted by molar-refractivity contribution is 5.89. The lowest BCUT2D eigenvalue weighted by Crippen LogP contribution is -2.05. The normalized spacial score (nSPS) is 10.1. The highest BCUT2D eigenvalue weighted by Gasteiger charge is 2.05. The van der Waals surface area contributed by atoms with Gasteiger partial charge in [0.25, 0.3) is 0 Å². The zero-order valence-corrected chi connectivity index (χ0v) is 15.4. The second kappa shape index (κ2) is 13.7. The first-order valence-electron chi connectivity index (χ1n) is 9.49. The Morgan fingerprint density at radius 1 is 0.875 bits per heavy atom. The molecule has 0 bridgehead atoms. The number of esters is 1. The molecule has 0 saturated heterocycles. The Morgan fingerprint density at radius 3 is 2.12 bits per heavy atom. The molecule has 1 rings (SSSR count). The maximum atomic E-state index is 11.8. The predicted octanol–water partition coefficient (Wildman–Crippen LogP) is 5.94. The summed E-state index contributed by atoms with van der Waals surface area (Å²) in [7, 11) is 0. The van der Waals surface area contributed by atoms with Gasteiger partial charge in [0.2, 0.25) is 0 Å². The van der Waals surface area contributed by atoms with Crippen LogP contribution in [-0.4, -0.2) is 12.6 Å². The molecule has 0 fully saturated rings. The summed E-state index contributed by atoms with van der Waals surface area (Å²) in [4.78, 5) is 11.8. The summed E-state index contributed by atoms with van der Waals surface area (Å²) in [5, 5.41) is 0. The van der Waals surface area contributed by atoms with Crippen LogP contribution in [0.2, 0.25) is 0 Å². The largest absolute Gasteiger partial charge is 0.449 e. The maximum absolute atomic E-state index is 11.8. The van der Waals surface area contributed by atoms with E-state index in [0.29, 0.717) is 5.56 Å². The molecule has 2 heteroatoms. The van der Waals surface area contributed by atoms with E-state index in [0.717, 1.165) is 19.3 Å². The minimum atomic E-state index is -0.293. The summed E-state index contributed by atoms with van der Waals surface area (Å²) in [6.07, 6.45) is 12.4. The lowest BCUT2D eigenvalue weighted by Gasteiger charge is -2.02. The Labute approximate surface area is 148 Å². The molecule has 0 unspecified atom stereocenters. The number of aryl methyl sites for hydroxylation is 1. The first-order valence-corrected chi connectivity index (χ1v) is 9.49. The molecule has 24 heavy (non-hydrogen) atoms. The smallest absolute Gasteiger partial charge is 0.339 e. The van der Waals surface area contributed by atoms with Crippen molar-refractivity contribution in [3.05, 3.63) is 35.4 Å². The number of ether oxygens (including phenoxy) is 1. The predicted molar refractivity (Wildman–Crippen MR) is 101 cm³/mol. The molecule has 0 aliphatic heterocycles. The lowest BCUT2D eigenvalue weighted by molar-refractivity contribution is 0.0556. The van der Waals surface area contributed by atoms with Crippen molar-refractivity contribution >= 4 is 5.97 Å². The minimum absolute atomic E-state index is 0.186. The highest BCUT2D eigenvalue weighted by atomic mass is 16.5. The quantitative estimate of drug-likeness (QED) is 0.285. The SMILES string of the molecule is CCCCCCCCCCC#CCOC(=O)c1ccc(CC)cc1. The molecule has 0 spiro atoms. The molecule has 1 aromatic carbocycles. The van der Waals surface area contributed by atoms with Crippen molar-refractivity contribution in [3.8, 4) is 11.8 Å². The molecule has 0 saturated carbocycles. The molecular formula is C22H32O2. The summed E-state index contributed by atoms with van der Waals surface area (Å²) in [6, 6.07) is 7.55. The summed E-state index contributed by atoms with van der Waals surface area (Å²) in [6.45, 7) is 4.53. The molecule has 0 aromatic heterocycles. The zero-order valence-electron chi connectivity index (χ0n) is 15.4. The molecule has 0 heterocycles. The lowest BCUT2D eigenvalue weighted by atomic mass is 10.1. The Balaban J connectivity index is 2.04. The van der Waals surface area contributed by atoms with Crippen molar-refractivity contribution in [1.82, 2.24) is 0 Å². The fourth-order valence-electron chi connectivity index (χ4n) is 2.55. The van der Waals surface area contributed by atoms with Crippen LogP contribution in [0.25, 0.3) is 0 Å². The third kappa shape index (κ3) is 9.40. The molecule has 0 radical (unpaired) electrons. The molecular weight excluding hydrogens is 296 g/mol. The van der Waals surface area contributed by atoms with E-state index >= 15 is 0 Å². The molecule has 1 aromatic rings. The van der Waals surface area contributed by atoms with Gasteiger partial charge in [0, 0.05) is 6.42 Å². The Bertz CT molecular complexity index is 505. The van der Waals surface area contributed by atoms with E-state index in [1.54, 1.807) is 0 Å². The van der Waals surface area contributed by atoms with Gasteiger partial charge in [-0.05, 0) is 30.5 Å². The number of hydrogen-bond donors (Lipinski definition) is 0. The number of hydrogen-bond acceptors (Lipinski definition) is 2. The molecule has 0 amide bonds. The summed E-state index contributed by atoms with van der Waals surface area (Å²) in [5.41, 5.74) is 1.81. The molecule has 0 N–H and O–H groups in total. The third-order valence-electron chi connectivity index (χ3n) is 4.15. The van der Waals surface area contributed by atoms with E-state index in [-0.39, 0.29) is 12.6 Å². The van der Waals surface area contributed by atoms with Gasteiger partial charge < -0.3 is 4.74 Å². The minimum Gasteiger partial charge on any atom is -0.449 e. The Hall–Kier alpha value is -1.75. The van der Waals surface area contributed by atoms with Crippen LogP contribution in [0.5, 0.6) is 0 Å². The summed E-state index contributed by atoms with van der Waals surface area (Å²) >= 11 is 0. The molecule has 0 atom stereocenters. The van der Waals surface area contributed by atoms with Gasteiger partial charge in [-0.15, -0.1) is 0 Å². The molecule has 132 valence electrons. The van der Waals surface area contributed by atoms with E-state index in [1.807, 2.05) is 24.3 Å². The van der Waals surface area contributed by atoms with E-state index in [1.165, 1.54) is 50.5 Å². The maximum Gasteiger partial charge on any atom is 0.339 e. The van der Waals surface area contributed by atoms with Crippen LogP contribution < -0.4 is 0 Å². The zero-order chi connectivity index (χ0) is 17.5. The van der Waals surface area contributed by atoms with Gasteiger partial charge in [0.15, 0.2) is 6.61 Å². The van der Waals surface area contributed by atoms with Crippen molar-refractivity contribution in [2.24, 2.45) is 0 Å². The van der Waals surface area contributed by atoms with Crippen molar-refractivity contribution in [2.45, 2.75) is 78.1 Å². The number of carbonyl (C=O) groups excluding carboxylic acids is 1. The highest BCUT2D eigenvalue weighted by Crippen LogP contribution is 2.09. The van der Waals surface area contributed by atoms with Crippen LogP contribution in [0.1, 0.15) is 87.6 Å². The summed E-state index contributed by atoms with van der Waals surface area (Å²) in [5.74, 6) is 5.74. The topological polar surface area (TPSA) is 26.3 Å². The first-order chi connectivity index (χ1) is 11.8. The van der Waals surface area contributed by atoms with E-state index < -0.39 is 0 Å². The van der Waals surface area contributed by atoms with Crippen LogP contribution in [0.15, 0.2) is 24.3 Å². The fraction of sp³-hybridized carbons (Fsp3) is 0.591. The van der Waals surface area contributed by atoms with Gasteiger partial charge in [0.1, 0.15) is 0 Å². The van der Waals surface area contributed by atoms with Crippen LogP contribution in [0.4, 0.5) is 0 Å². The fourth-order valence-corrected chi connectivity index (χ4v) is 2.55. The van der Waals surface area contributed by atoms with E-state index in [9.17, 15) is 4.79 Å². The van der Waals surface area contributed by atoms with Gasteiger partial charge in [-0.3, -0.25) is 0 Å². The van der Waals surface area contributed by atoms with Crippen molar-refractivity contribution in [3.63, 3.8) is 0 Å². The van der Waals surface area contributed by atoms with Gasteiger partial charge in [0.05, 0.1) is 5.56 Å². The molecule has 0 aliphatic carbocycles. The standard InChI is InChI=1S/C22H32O2/c1-3-5-6-7-8-9-10-11-12-13-14-19-24-22(23)21-17-15-20(4-2)16-18-21/h15-18H,3-12,19H2,1-2H3. The average molecular weight is 328 g/mol. The number of benzene rings is 1.